The van der Waals surface area contributed by atoms with Gasteiger partial charge in [-0.15, -0.1) is 0 Å². The van der Waals surface area contributed by atoms with Crippen LogP contribution in [0.2, 0.25) is 0 Å². The summed E-state index contributed by atoms with van der Waals surface area (Å²) in [6.45, 7) is -0.117. The van der Waals surface area contributed by atoms with Crippen molar-refractivity contribution in [2.75, 3.05) is 19.5 Å². The van der Waals surface area contributed by atoms with Gasteiger partial charge in [0.15, 0.2) is 0 Å². The number of nitrogens with two attached hydrogens (primary N) is 1. The van der Waals surface area contributed by atoms with Gasteiger partial charge in [-0.2, -0.15) is 0 Å². The van der Waals surface area contributed by atoms with E-state index < -0.39 is 4.92 Å². The van der Waals surface area contributed by atoms with Crippen molar-refractivity contribution in [1.82, 2.24) is 0 Å². The molecule has 0 heterocycles. The molecule has 0 saturated carbocycles. The lowest BCUT2D eigenvalue weighted by atomic mass is 10.1. The molecule has 3 N–H and O–H groups in total. The van der Waals surface area contributed by atoms with Crippen LogP contribution in [0.4, 0.5) is 11.4 Å². The first-order valence-corrected chi connectivity index (χ1v) is 4.31. The summed E-state index contributed by atoms with van der Waals surface area (Å²) in [5.41, 5.74) is 6.45. The normalized spacial score (nSPS) is 10.0. The van der Waals surface area contributed by atoms with Crippen molar-refractivity contribution >= 4 is 11.4 Å². The molecule has 6 nitrogen and oxygen atoms in total. The van der Waals surface area contributed by atoms with Crippen LogP contribution in [0.3, 0.4) is 0 Å². The number of anilines is 1. The molecule has 6 heteroatoms. The Bertz CT molecular complexity index is 379. The zero-order valence-electron chi connectivity index (χ0n) is 8.27. The zero-order valence-corrected chi connectivity index (χ0v) is 8.27. The van der Waals surface area contributed by atoms with Gasteiger partial charge in [0, 0.05) is 12.7 Å². The third-order valence-electron chi connectivity index (χ3n) is 2.02. The van der Waals surface area contributed by atoms with Gasteiger partial charge in [0.05, 0.1) is 23.8 Å². The Morgan fingerprint density at radius 2 is 2.27 bits per heavy atom. The van der Waals surface area contributed by atoms with Crippen LogP contribution in [0.1, 0.15) is 5.56 Å². The summed E-state index contributed by atoms with van der Waals surface area (Å²) in [6, 6.07) is 2.60. The van der Waals surface area contributed by atoms with Crippen molar-refractivity contribution in [3.63, 3.8) is 0 Å². The fraction of sp³-hybridized carbons (Fsp3) is 0.333. The first-order chi connectivity index (χ1) is 7.10. The molecule has 0 unspecified atom stereocenters. The largest absolute Gasteiger partial charge is 0.494 e. The highest BCUT2D eigenvalue weighted by Gasteiger charge is 2.14. The van der Waals surface area contributed by atoms with Crippen molar-refractivity contribution in [2.24, 2.45) is 0 Å². The lowest BCUT2D eigenvalue weighted by Gasteiger charge is -2.08. The molecule has 1 aromatic carbocycles. The highest BCUT2D eigenvalue weighted by atomic mass is 16.6. The molecule has 0 aliphatic carbocycles. The Balaban J connectivity index is 3.25. The topological polar surface area (TPSA) is 98.6 Å². The molecule has 82 valence electrons. The van der Waals surface area contributed by atoms with E-state index in [9.17, 15) is 10.1 Å². The Hall–Kier alpha value is -1.82. The highest BCUT2D eigenvalue weighted by molar-refractivity contribution is 5.63. The second kappa shape index (κ2) is 4.61. The van der Waals surface area contributed by atoms with Crippen molar-refractivity contribution < 1.29 is 14.8 Å². The molecular weight excluding hydrogens is 200 g/mol. The number of hydrogen-bond donors (Lipinski definition) is 2. The molecule has 0 bridgehead atoms. The van der Waals surface area contributed by atoms with Gasteiger partial charge >= 0.3 is 0 Å². The van der Waals surface area contributed by atoms with Crippen LogP contribution in [-0.4, -0.2) is 23.7 Å². The predicted molar refractivity (Wildman–Crippen MR) is 54.9 cm³/mol. The van der Waals surface area contributed by atoms with Crippen LogP contribution in [-0.2, 0) is 6.42 Å². The Morgan fingerprint density at radius 3 is 2.73 bits per heavy atom. The molecule has 0 fully saturated rings. The SMILES string of the molecule is COc1cc([N+](=O)[O-])cc(CCO)c1N. The van der Waals surface area contributed by atoms with E-state index in [4.69, 9.17) is 15.6 Å². The second-order valence-corrected chi connectivity index (χ2v) is 2.95. The maximum absolute atomic E-state index is 10.6. The molecule has 0 radical (unpaired) electrons. The number of nitro benzene ring substituents is 1. The van der Waals surface area contributed by atoms with Gasteiger partial charge in [-0.3, -0.25) is 10.1 Å². The minimum absolute atomic E-state index is 0.0931. The molecule has 15 heavy (non-hydrogen) atoms. The number of benzene rings is 1. The van der Waals surface area contributed by atoms with E-state index in [0.717, 1.165) is 0 Å². The van der Waals surface area contributed by atoms with Gasteiger partial charge in [-0.05, 0) is 12.0 Å². The third-order valence-corrected chi connectivity index (χ3v) is 2.02. The number of nitro groups is 1. The number of nitrogen functional groups attached to an aromatic ring is 1. The highest BCUT2D eigenvalue weighted by Crippen LogP contribution is 2.30. The number of ether oxygens (including phenoxy) is 1. The molecular formula is C9H12N2O4. The summed E-state index contributed by atoms with van der Waals surface area (Å²) in [5.74, 6) is 0.257. The van der Waals surface area contributed by atoms with E-state index in [-0.39, 0.29) is 24.5 Å². The summed E-state index contributed by atoms with van der Waals surface area (Å²) in [5, 5.41) is 19.4. The molecule has 0 amide bonds. The molecule has 1 rings (SSSR count). The van der Waals surface area contributed by atoms with Gasteiger partial charge in [-0.1, -0.05) is 0 Å². The number of aliphatic hydroxyl groups is 1. The number of aliphatic hydroxyl groups excluding tert-OH is 1. The molecule has 0 atom stereocenters. The summed E-state index contributed by atoms with van der Waals surface area (Å²) in [7, 11) is 1.39. The fourth-order valence-corrected chi connectivity index (χ4v) is 1.27. The van der Waals surface area contributed by atoms with Crippen LogP contribution >= 0.6 is 0 Å². The molecule has 0 aromatic heterocycles. The summed E-state index contributed by atoms with van der Waals surface area (Å²) in [4.78, 5) is 10.1. The van der Waals surface area contributed by atoms with E-state index in [1.807, 2.05) is 0 Å². The van der Waals surface area contributed by atoms with Gasteiger partial charge in [0.1, 0.15) is 5.75 Å². The van der Waals surface area contributed by atoms with Crippen LogP contribution in [0, 0.1) is 10.1 Å². The van der Waals surface area contributed by atoms with Gasteiger partial charge in [0.25, 0.3) is 5.69 Å². The maximum Gasteiger partial charge on any atom is 0.273 e. The Kier molecular flexibility index (Phi) is 3.46. The van der Waals surface area contributed by atoms with E-state index in [1.165, 1.54) is 19.2 Å². The monoisotopic (exact) mass is 212 g/mol. The van der Waals surface area contributed by atoms with Crippen molar-refractivity contribution in [3.8, 4) is 5.75 Å². The van der Waals surface area contributed by atoms with E-state index >= 15 is 0 Å². The van der Waals surface area contributed by atoms with Crippen molar-refractivity contribution in [2.45, 2.75) is 6.42 Å². The van der Waals surface area contributed by atoms with Crippen molar-refractivity contribution in [1.29, 1.82) is 0 Å². The van der Waals surface area contributed by atoms with E-state index in [2.05, 4.69) is 0 Å². The average molecular weight is 212 g/mol. The fourth-order valence-electron chi connectivity index (χ4n) is 1.27. The maximum atomic E-state index is 10.6. The second-order valence-electron chi connectivity index (χ2n) is 2.95. The van der Waals surface area contributed by atoms with Crippen LogP contribution < -0.4 is 10.5 Å². The number of non-ortho nitro benzene ring substituents is 1. The Morgan fingerprint density at radius 1 is 1.60 bits per heavy atom. The third kappa shape index (κ3) is 2.35. The smallest absolute Gasteiger partial charge is 0.273 e. The summed E-state index contributed by atoms with van der Waals surface area (Å²) >= 11 is 0. The van der Waals surface area contributed by atoms with Gasteiger partial charge in [-0.25, -0.2) is 0 Å². The minimum Gasteiger partial charge on any atom is -0.494 e. The summed E-state index contributed by atoms with van der Waals surface area (Å²) < 4.78 is 4.91. The van der Waals surface area contributed by atoms with Gasteiger partial charge < -0.3 is 15.6 Å². The molecule has 0 saturated heterocycles. The van der Waals surface area contributed by atoms with Crippen LogP contribution in [0.5, 0.6) is 5.75 Å². The van der Waals surface area contributed by atoms with Crippen LogP contribution in [0.15, 0.2) is 12.1 Å². The van der Waals surface area contributed by atoms with E-state index in [0.29, 0.717) is 11.3 Å². The lowest BCUT2D eigenvalue weighted by Crippen LogP contribution is -2.02. The predicted octanol–water partition coefficient (Wildman–Crippen LogP) is 0.720. The average Bonchev–Trinajstić information content (AvgIpc) is 2.21. The number of hydrogen-bond acceptors (Lipinski definition) is 5. The van der Waals surface area contributed by atoms with Crippen molar-refractivity contribution in [3.05, 3.63) is 27.8 Å². The molecule has 0 aliphatic rings. The molecule has 1 aromatic rings. The number of nitrogens with zero attached hydrogens (tertiary/aromatic N) is 1. The number of rotatable bonds is 4. The Labute approximate surface area is 86.4 Å². The van der Waals surface area contributed by atoms with Gasteiger partial charge in [0.2, 0.25) is 0 Å². The quantitative estimate of drug-likeness (QED) is 0.435. The first-order valence-electron chi connectivity index (χ1n) is 4.31. The molecule has 0 spiro atoms. The van der Waals surface area contributed by atoms with Crippen LogP contribution in [0.25, 0.3) is 0 Å². The standard InChI is InChI=1S/C9H12N2O4/c1-15-8-5-7(11(13)14)4-6(2-3-12)9(8)10/h4-5,12H,2-3,10H2,1H3. The van der Waals surface area contributed by atoms with E-state index in [1.54, 1.807) is 0 Å². The minimum atomic E-state index is -0.525. The summed E-state index contributed by atoms with van der Waals surface area (Å²) in [6.07, 6.45) is 0.268. The zero-order chi connectivity index (χ0) is 11.4. The molecule has 0 aliphatic heterocycles. The lowest BCUT2D eigenvalue weighted by molar-refractivity contribution is -0.385. The number of methoxy groups -OCH3 is 1. The first kappa shape index (κ1) is 11.3.